The summed E-state index contributed by atoms with van der Waals surface area (Å²) in [7, 11) is 0. The first-order chi connectivity index (χ1) is 7.33. The highest BCUT2D eigenvalue weighted by Crippen LogP contribution is 2.20. The number of rotatable bonds is 3. The van der Waals surface area contributed by atoms with Crippen molar-refractivity contribution in [2.45, 2.75) is 38.3 Å². The van der Waals surface area contributed by atoms with Crippen LogP contribution >= 0.6 is 0 Å². The van der Waals surface area contributed by atoms with E-state index in [-0.39, 0.29) is 24.7 Å². The van der Waals surface area contributed by atoms with E-state index in [4.69, 9.17) is 4.74 Å². The second-order valence-corrected chi connectivity index (χ2v) is 4.35. The predicted octanol–water partition coefficient (Wildman–Crippen LogP) is 0.376. The lowest BCUT2D eigenvalue weighted by atomic mass is 10.00. The van der Waals surface area contributed by atoms with Gasteiger partial charge in [0.15, 0.2) is 0 Å². The van der Waals surface area contributed by atoms with Gasteiger partial charge in [0.1, 0.15) is 6.61 Å². The third kappa shape index (κ3) is 2.32. The summed E-state index contributed by atoms with van der Waals surface area (Å²) in [4.78, 5) is 13.6. The number of fused-ring (bicyclic) bond motifs is 1. The van der Waals surface area contributed by atoms with Crippen LogP contribution in [0.2, 0.25) is 0 Å². The molecule has 2 saturated heterocycles. The molecule has 0 radical (unpaired) electrons. The molecule has 0 spiro atoms. The third-order valence-corrected chi connectivity index (χ3v) is 3.30. The van der Waals surface area contributed by atoms with Gasteiger partial charge < -0.3 is 15.0 Å². The molecule has 2 fully saturated rings. The lowest BCUT2D eigenvalue weighted by molar-refractivity contribution is -0.159. The van der Waals surface area contributed by atoms with Gasteiger partial charge in [0.05, 0.1) is 12.1 Å². The average Bonchev–Trinajstić information content (AvgIpc) is 2.29. The summed E-state index contributed by atoms with van der Waals surface area (Å²) in [6, 6.07) is 0.270. The molecule has 0 aromatic rings. The van der Waals surface area contributed by atoms with E-state index in [1.54, 1.807) is 0 Å². The Balaban J connectivity index is 1.97. The second-order valence-electron chi connectivity index (χ2n) is 4.35. The summed E-state index contributed by atoms with van der Waals surface area (Å²) in [5, 5.41) is 3.34. The van der Waals surface area contributed by atoms with Crippen LogP contribution in [0.3, 0.4) is 0 Å². The average molecular weight is 212 g/mol. The minimum atomic E-state index is 0.161. The van der Waals surface area contributed by atoms with Crippen molar-refractivity contribution in [1.82, 2.24) is 10.2 Å². The Morgan fingerprint density at radius 3 is 3.27 bits per heavy atom. The van der Waals surface area contributed by atoms with Gasteiger partial charge in [0.2, 0.25) is 5.91 Å². The van der Waals surface area contributed by atoms with Crippen molar-refractivity contribution in [3.05, 3.63) is 0 Å². The number of nitrogens with zero attached hydrogens (tertiary/aromatic N) is 1. The number of hydrogen-bond donors (Lipinski definition) is 1. The van der Waals surface area contributed by atoms with Gasteiger partial charge in [-0.1, -0.05) is 19.8 Å². The number of carbonyl (C=O) groups is 1. The molecular weight excluding hydrogens is 192 g/mol. The van der Waals surface area contributed by atoms with E-state index in [9.17, 15) is 4.79 Å². The topological polar surface area (TPSA) is 41.6 Å². The highest BCUT2D eigenvalue weighted by Gasteiger charge is 2.37. The van der Waals surface area contributed by atoms with Crippen molar-refractivity contribution in [3.63, 3.8) is 0 Å². The lowest BCUT2D eigenvalue weighted by Gasteiger charge is -2.44. The minimum Gasteiger partial charge on any atom is -0.366 e. The summed E-state index contributed by atoms with van der Waals surface area (Å²) in [5.41, 5.74) is 0. The molecule has 0 aromatic heterocycles. The van der Waals surface area contributed by atoms with Gasteiger partial charge in [-0.2, -0.15) is 0 Å². The van der Waals surface area contributed by atoms with E-state index in [1.165, 1.54) is 12.8 Å². The van der Waals surface area contributed by atoms with Gasteiger partial charge in [-0.3, -0.25) is 4.79 Å². The SMILES string of the molecule is CCCC[C@H]1OCC(=O)N2CCNCC12. The molecule has 2 aliphatic heterocycles. The number of unbranched alkanes of at least 4 members (excludes halogenated alkanes) is 1. The summed E-state index contributed by atoms with van der Waals surface area (Å²) in [5.74, 6) is 0.161. The highest BCUT2D eigenvalue weighted by atomic mass is 16.5. The van der Waals surface area contributed by atoms with Crippen LogP contribution in [0.15, 0.2) is 0 Å². The van der Waals surface area contributed by atoms with Gasteiger partial charge in [0, 0.05) is 19.6 Å². The van der Waals surface area contributed by atoms with E-state index < -0.39 is 0 Å². The normalized spacial score (nSPS) is 31.5. The van der Waals surface area contributed by atoms with Crippen LogP contribution in [0.1, 0.15) is 26.2 Å². The zero-order chi connectivity index (χ0) is 10.7. The first-order valence-corrected chi connectivity index (χ1v) is 5.94. The first kappa shape index (κ1) is 10.9. The molecule has 1 amide bonds. The van der Waals surface area contributed by atoms with E-state index in [1.807, 2.05) is 4.90 Å². The van der Waals surface area contributed by atoms with E-state index in [2.05, 4.69) is 12.2 Å². The van der Waals surface area contributed by atoms with Crippen LogP contribution in [0.4, 0.5) is 0 Å². The van der Waals surface area contributed by atoms with Gasteiger partial charge in [-0.25, -0.2) is 0 Å². The Bertz CT molecular complexity index is 233. The highest BCUT2D eigenvalue weighted by molar-refractivity contribution is 5.78. The monoisotopic (exact) mass is 212 g/mol. The van der Waals surface area contributed by atoms with E-state index in [0.717, 1.165) is 26.1 Å². The number of carbonyl (C=O) groups excluding carboxylic acids is 1. The number of hydrogen-bond acceptors (Lipinski definition) is 3. The third-order valence-electron chi connectivity index (χ3n) is 3.30. The molecule has 0 bridgehead atoms. The van der Waals surface area contributed by atoms with Crippen molar-refractivity contribution in [1.29, 1.82) is 0 Å². The molecule has 2 rings (SSSR count). The number of ether oxygens (including phenoxy) is 1. The van der Waals surface area contributed by atoms with Crippen LogP contribution in [0, 0.1) is 0 Å². The Morgan fingerprint density at radius 1 is 1.60 bits per heavy atom. The molecule has 86 valence electrons. The van der Waals surface area contributed by atoms with Crippen LogP contribution < -0.4 is 5.32 Å². The standard InChI is InChI=1S/C11H20N2O2/c1-2-3-4-10-9-7-12-5-6-13(9)11(14)8-15-10/h9-10,12H,2-8H2,1H3/t9?,10-/m1/s1. The molecular formula is C11H20N2O2. The van der Waals surface area contributed by atoms with Crippen molar-refractivity contribution in [2.75, 3.05) is 26.2 Å². The molecule has 4 nitrogen and oxygen atoms in total. The fourth-order valence-corrected chi connectivity index (χ4v) is 2.42. The molecule has 0 saturated carbocycles. The van der Waals surface area contributed by atoms with Gasteiger partial charge in [-0.15, -0.1) is 0 Å². The molecule has 1 N–H and O–H groups in total. The van der Waals surface area contributed by atoms with Crippen LogP contribution in [-0.2, 0) is 9.53 Å². The maximum atomic E-state index is 11.6. The van der Waals surface area contributed by atoms with Crippen molar-refractivity contribution < 1.29 is 9.53 Å². The smallest absolute Gasteiger partial charge is 0.249 e. The molecule has 1 unspecified atom stereocenters. The first-order valence-electron chi connectivity index (χ1n) is 5.94. The maximum Gasteiger partial charge on any atom is 0.249 e. The molecule has 2 heterocycles. The fraction of sp³-hybridized carbons (Fsp3) is 0.909. The lowest BCUT2D eigenvalue weighted by Crippen LogP contribution is -2.62. The second kappa shape index (κ2) is 4.94. The molecule has 4 heteroatoms. The zero-order valence-corrected chi connectivity index (χ0v) is 9.37. The van der Waals surface area contributed by atoms with Crippen LogP contribution in [0.25, 0.3) is 0 Å². The molecule has 2 aliphatic rings. The van der Waals surface area contributed by atoms with Crippen LogP contribution in [0.5, 0.6) is 0 Å². The van der Waals surface area contributed by atoms with E-state index in [0.29, 0.717) is 0 Å². The Kier molecular flexibility index (Phi) is 3.59. The molecule has 15 heavy (non-hydrogen) atoms. The maximum absolute atomic E-state index is 11.6. The van der Waals surface area contributed by atoms with Gasteiger partial charge in [-0.05, 0) is 6.42 Å². The zero-order valence-electron chi connectivity index (χ0n) is 9.37. The number of nitrogens with one attached hydrogen (secondary N) is 1. The van der Waals surface area contributed by atoms with Crippen molar-refractivity contribution >= 4 is 5.91 Å². The number of piperazine rings is 1. The largest absolute Gasteiger partial charge is 0.366 e. The Labute approximate surface area is 91.0 Å². The van der Waals surface area contributed by atoms with Crippen molar-refractivity contribution in [2.24, 2.45) is 0 Å². The number of amides is 1. The Hall–Kier alpha value is -0.610. The molecule has 2 atom stereocenters. The van der Waals surface area contributed by atoms with Crippen LogP contribution in [-0.4, -0.2) is 49.2 Å². The summed E-state index contributed by atoms with van der Waals surface area (Å²) >= 11 is 0. The Morgan fingerprint density at radius 2 is 2.47 bits per heavy atom. The predicted molar refractivity (Wildman–Crippen MR) is 57.6 cm³/mol. The fourth-order valence-electron chi connectivity index (χ4n) is 2.42. The summed E-state index contributed by atoms with van der Waals surface area (Å²) in [6.45, 7) is 5.12. The van der Waals surface area contributed by atoms with Crippen molar-refractivity contribution in [3.8, 4) is 0 Å². The summed E-state index contributed by atoms with van der Waals surface area (Å²) in [6.07, 6.45) is 3.69. The minimum absolute atomic E-state index is 0.161. The van der Waals surface area contributed by atoms with Gasteiger partial charge in [0.25, 0.3) is 0 Å². The summed E-state index contributed by atoms with van der Waals surface area (Å²) < 4.78 is 5.63. The quantitative estimate of drug-likeness (QED) is 0.735. The molecule has 0 aliphatic carbocycles. The molecule has 0 aromatic carbocycles. The number of morpholine rings is 1. The van der Waals surface area contributed by atoms with E-state index >= 15 is 0 Å². The van der Waals surface area contributed by atoms with Gasteiger partial charge >= 0.3 is 0 Å².